The van der Waals surface area contributed by atoms with Crippen LogP contribution in [0.15, 0.2) is 11.0 Å². The summed E-state index contributed by atoms with van der Waals surface area (Å²) in [5.41, 5.74) is 0.117. The van der Waals surface area contributed by atoms with E-state index in [0.717, 1.165) is 0 Å². The van der Waals surface area contributed by atoms with Gasteiger partial charge in [0.25, 0.3) is 5.56 Å². The Hall–Kier alpha value is -1.44. The monoisotopic (exact) mass is 270 g/mol. The zero-order chi connectivity index (χ0) is 14.0. The first-order chi connectivity index (χ1) is 9.06. The van der Waals surface area contributed by atoms with E-state index in [1.807, 2.05) is 0 Å². The van der Waals surface area contributed by atoms with E-state index in [4.69, 9.17) is 14.6 Å². The van der Waals surface area contributed by atoms with Crippen LogP contribution >= 0.6 is 0 Å². The third-order valence-electron chi connectivity index (χ3n) is 3.06. The van der Waals surface area contributed by atoms with Gasteiger partial charge in [0, 0.05) is 18.2 Å². The van der Waals surface area contributed by atoms with Gasteiger partial charge in [-0.05, 0) is 13.8 Å². The first-order valence-electron chi connectivity index (χ1n) is 6.23. The highest BCUT2D eigenvalue weighted by molar-refractivity contribution is 5.10. The van der Waals surface area contributed by atoms with Crippen LogP contribution in [0.3, 0.4) is 0 Å². The fraction of sp³-hybridized carbons (Fsp3) is 0.667. The van der Waals surface area contributed by atoms with Crippen LogP contribution in [0.2, 0.25) is 0 Å². The molecule has 1 aliphatic rings. The Bertz CT molecular complexity index is 501. The second-order valence-corrected chi connectivity index (χ2v) is 4.47. The summed E-state index contributed by atoms with van der Waals surface area (Å²) >= 11 is 0. The molecule has 1 fully saturated rings. The molecule has 0 spiro atoms. The lowest BCUT2D eigenvalue weighted by Gasteiger charge is -2.19. The number of hydrogen-bond acceptors (Lipinski definition) is 6. The SMILES string of the molecule is CCOc1nc(=O)c(C)cn1[C@H]1CC(O)[C@@H](CO)O1. The lowest BCUT2D eigenvalue weighted by molar-refractivity contribution is -0.0473. The molecule has 0 aromatic carbocycles. The first-order valence-corrected chi connectivity index (χ1v) is 6.23. The predicted octanol–water partition coefficient (Wildman–Crippen LogP) is -0.409. The van der Waals surface area contributed by atoms with Crippen molar-refractivity contribution < 1.29 is 19.7 Å². The van der Waals surface area contributed by atoms with Gasteiger partial charge in [0.1, 0.15) is 12.3 Å². The van der Waals surface area contributed by atoms with Crippen molar-refractivity contribution in [3.63, 3.8) is 0 Å². The van der Waals surface area contributed by atoms with E-state index in [1.165, 1.54) is 0 Å². The summed E-state index contributed by atoms with van der Waals surface area (Å²) in [5, 5.41) is 18.8. The Balaban J connectivity index is 2.33. The molecule has 1 aromatic rings. The zero-order valence-electron chi connectivity index (χ0n) is 10.9. The van der Waals surface area contributed by atoms with Gasteiger partial charge in [0.15, 0.2) is 0 Å². The summed E-state index contributed by atoms with van der Waals surface area (Å²) in [4.78, 5) is 15.4. The number of aromatic nitrogens is 2. The molecule has 1 aliphatic heterocycles. The van der Waals surface area contributed by atoms with Crippen LogP contribution in [0.25, 0.3) is 0 Å². The average molecular weight is 270 g/mol. The van der Waals surface area contributed by atoms with Crippen LogP contribution in [0, 0.1) is 6.92 Å². The van der Waals surface area contributed by atoms with E-state index in [-0.39, 0.29) is 18.2 Å². The van der Waals surface area contributed by atoms with Gasteiger partial charge in [-0.15, -0.1) is 0 Å². The minimum Gasteiger partial charge on any atom is -0.465 e. The highest BCUT2D eigenvalue weighted by Gasteiger charge is 2.35. The molecule has 0 saturated carbocycles. The molecular weight excluding hydrogens is 252 g/mol. The number of aliphatic hydroxyl groups is 2. The molecule has 7 heteroatoms. The summed E-state index contributed by atoms with van der Waals surface area (Å²) < 4.78 is 12.4. The van der Waals surface area contributed by atoms with Crippen molar-refractivity contribution >= 4 is 0 Å². The molecule has 2 heterocycles. The minimum atomic E-state index is -0.746. The summed E-state index contributed by atoms with van der Waals surface area (Å²) in [6.07, 6.45) is 0.0381. The number of aryl methyl sites for hydroxylation is 1. The molecule has 19 heavy (non-hydrogen) atoms. The summed E-state index contributed by atoms with van der Waals surface area (Å²) in [6.45, 7) is 3.55. The van der Waals surface area contributed by atoms with Crippen molar-refractivity contribution in [2.45, 2.75) is 38.7 Å². The molecule has 3 atom stereocenters. The molecule has 0 aliphatic carbocycles. The smallest absolute Gasteiger partial charge is 0.301 e. The highest BCUT2D eigenvalue weighted by Crippen LogP contribution is 2.30. The number of hydrogen-bond donors (Lipinski definition) is 2. The molecule has 7 nitrogen and oxygen atoms in total. The highest BCUT2D eigenvalue weighted by atomic mass is 16.6. The fourth-order valence-electron chi connectivity index (χ4n) is 2.04. The van der Waals surface area contributed by atoms with Gasteiger partial charge in [-0.2, -0.15) is 4.98 Å². The summed E-state index contributed by atoms with van der Waals surface area (Å²) in [7, 11) is 0. The molecule has 1 aromatic heterocycles. The Morgan fingerprint density at radius 2 is 2.37 bits per heavy atom. The standard InChI is InChI=1S/C12H18N2O5/c1-3-18-12-13-11(17)7(2)5-14(12)10-4-8(16)9(6-15)19-10/h5,8-10,15-16H,3-4,6H2,1-2H3/t8?,9-,10-/m1/s1. The zero-order valence-corrected chi connectivity index (χ0v) is 10.9. The van der Waals surface area contributed by atoms with E-state index < -0.39 is 18.4 Å². The van der Waals surface area contributed by atoms with Gasteiger partial charge in [-0.25, -0.2) is 0 Å². The van der Waals surface area contributed by atoms with Crippen molar-refractivity contribution in [2.24, 2.45) is 0 Å². The molecule has 0 amide bonds. The Morgan fingerprint density at radius 3 is 2.95 bits per heavy atom. The van der Waals surface area contributed by atoms with Crippen molar-refractivity contribution in [1.82, 2.24) is 9.55 Å². The minimum absolute atomic E-state index is 0.161. The second kappa shape index (κ2) is 5.68. The second-order valence-electron chi connectivity index (χ2n) is 4.47. The number of nitrogens with zero attached hydrogens (tertiary/aromatic N) is 2. The number of rotatable bonds is 4. The molecule has 1 saturated heterocycles. The van der Waals surface area contributed by atoms with Crippen molar-refractivity contribution in [2.75, 3.05) is 13.2 Å². The largest absolute Gasteiger partial charge is 0.465 e. The normalized spacial score (nSPS) is 26.6. The van der Waals surface area contributed by atoms with Crippen LogP contribution in [-0.4, -0.2) is 45.2 Å². The molecule has 2 rings (SSSR count). The van der Waals surface area contributed by atoms with Gasteiger partial charge in [-0.3, -0.25) is 9.36 Å². The van der Waals surface area contributed by atoms with Gasteiger partial charge < -0.3 is 19.7 Å². The van der Waals surface area contributed by atoms with Crippen LogP contribution in [0.5, 0.6) is 6.01 Å². The van der Waals surface area contributed by atoms with Crippen molar-refractivity contribution in [1.29, 1.82) is 0 Å². The quantitative estimate of drug-likeness (QED) is 0.772. The van der Waals surface area contributed by atoms with Gasteiger partial charge in [0.05, 0.1) is 19.3 Å². The molecule has 106 valence electrons. The van der Waals surface area contributed by atoms with E-state index in [1.54, 1.807) is 24.6 Å². The number of ether oxygens (including phenoxy) is 2. The molecule has 0 radical (unpaired) electrons. The van der Waals surface area contributed by atoms with Crippen LogP contribution in [0.4, 0.5) is 0 Å². The maximum atomic E-state index is 11.5. The van der Waals surface area contributed by atoms with Gasteiger partial charge in [-0.1, -0.05) is 0 Å². The molecule has 2 N–H and O–H groups in total. The summed E-state index contributed by atoms with van der Waals surface area (Å²) in [5.74, 6) is 0. The summed E-state index contributed by atoms with van der Waals surface area (Å²) in [6, 6.07) is 0.161. The lowest BCUT2D eigenvalue weighted by Crippen LogP contribution is -2.24. The predicted molar refractivity (Wildman–Crippen MR) is 66.0 cm³/mol. The Labute approximate surface area is 110 Å². The number of aliphatic hydroxyl groups excluding tert-OH is 2. The molecule has 1 unspecified atom stereocenters. The maximum absolute atomic E-state index is 11.5. The Morgan fingerprint density at radius 1 is 1.63 bits per heavy atom. The average Bonchev–Trinajstić information content (AvgIpc) is 2.75. The molecular formula is C12H18N2O5. The van der Waals surface area contributed by atoms with Gasteiger partial charge in [0.2, 0.25) is 0 Å². The van der Waals surface area contributed by atoms with Crippen molar-refractivity contribution in [3.05, 3.63) is 22.1 Å². The van der Waals surface area contributed by atoms with Crippen LogP contribution < -0.4 is 10.3 Å². The van der Waals surface area contributed by atoms with Gasteiger partial charge >= 0.3 is 6.01 Å². The topological polar surface area (TPSA) is 93.8 Å². The Kier molecular flexibility index (Phi) is 4.18. The van der Waals surface area contributed by atoms with Crippen LogP contribution in [-0.2, 0) is 4.74 Å². The first kappa shape index (κ1) is 14.0. The van der Waals surface area contributed by atoms with Crippen LogP contribution in [0.1, 0.15) is 25.1 Å². The van der Waals surface area contributed by atoms with E-state index in [2.05, 4.69) is 4.98 Å². The third kappa shape index (κ3) is 2.78. The van der Waals surface area contributed by atoms with E-state index in [9.17, 15) is 9.90 Å². The van der Waals surface area contributed by atoms with Crippen molar-refractivity contribution in [3.8, 4) is 6.01 Å². The molecule has 0 bridgehead atoms. The lowest BCUT2D eigenvalue weighted by atomic mass is 10.2. The fourth-order valence-corrected chi connectivity index (χ4v) is 2.04. The van der Waals surface area contributed by atoms with E-state index >= 15 is 0 Å². The van der Waals surface area contributed by atoms with E-state index in [0.29, 0.717) is 18.6 Å². The maximum Gasteiger partial charge on any atom is 0.301 e. The third-order valence-corrected chi connectivity index (χ3v) is 3.06.